The number of hydrogen-bond acceptors (Lipinski definition) is 7. The van der Waals surface area contributed by atoms with Crippen molar-refractivity contribution < 1.29 is 8.42 Å². The molecule has 0 bridgehead atoms. The van der Waals surface area contributed by atoms with Crippen LogP contribution in [0, 0.1) is 6.92 Å². The average molecular weight is 348 g/mol. The van der Waals surface area contributed by atoms with Gasteiger partial charge >= 0.3 is 0 Å². The fourth-order valence-electron chi connectivity index (χ4n) is 1.75. The second kappa shape index (κ2) is 6.20. The van der Waals surface area contributed by atoms with Gasteiger partial charge in [-0.25, -0.2) is 23.1 Å². The molecule has 0 radical (unpaired) electrons. The topological polar surface area (TPSA) is 97.7 Å². The summed E-state index contributed by atoms with van der Waals surface area (Å²) in [5.74, 6) is -0.0482. The van der Waals surface area contributed by atoms with Crippen molar-refractivity contribution in [2.75, 3.05) is 4.72 Å². The zero-order valence-electron chi connectivity index (χ0n) is 11.7. The zero-order valence-corrected chi connectivity index (χ0v) is 14.1. The van der Waals surface area contributed by atoms with Gasteiger partial charge in [-0.2, -0.15) is 0 Å². The Labute approximate surface area is 131 Å². The smallest absolute Gasteiger partial charge is 0.245 e. The van der Waals surface area contributed by atoms with Crippen molar-refractivity contribution in [1.29, 1.82) is 0 Å². The first-order valence-electron chi connectivity index (χ1n) is 6.25. The summed E-state index contributed by atoms with van der Waals surface area (Å²) in [5.41, 5.74) is 1.83. The molecular weight excluding hydrogens is 334 g/mol. The summed E-state index contributed by atoms with van der Waals surface area (Å²) in [6.45, 7) is 5.44. The lowest BCUT2D eigenvalue weighted by molar-refractivity contribution is 0.601. The predicted molar refractivity (Wildman–Crippen MR) is 81.3 cm³/mol. The molecule has 2 heterocycles. The Morgan fingerprint density at radius 3 is 2.33 bits per heavy atom. The number of nitrogens with zero attached hydrogens (tertiary/aromatic N) is 4. The summed E-state index contributed by atoms with van der Waals surface area (Å²) in [6, 6.07) is 0. The minimum atomic E-state index is -3.81. The molecule has 2 rings (SSSR count). The van der Waals surface area contributed by atoms with Crippen LogP contribution < -0.4 is 4.72 Å². The maximum Gasteiger partial charge on any atom is 0.275 e. The third-order valence-electron chi connectivity index (χ3n) is 2.71. The molecule has 114 valence electrons. The van der Waals surface area contributed by atoms with Gasteiger partial charge in [0.25, 0.3) is 16.0 Å². The third kappa shape index (κ3) is 3.47. The van der Waals surface area contributed by atoms with E-state index in [1.54, 1.807) is 6.92 Å². The molecule has 0 saturated carbocycles. The second-order valence-electron chi connectivity index (χ2n) is 4.18. The summed E-state index contributed by atoms with van der Waals surface area (Å²) >= 11 is 6.62. The van der Waals surface area contributed by atoms with E-state index in [9.17, 15) is 8.42 Å². The maximum atomic E-state index is 12.3. The molecule has 0 amide bonds. The zero-order chi connectivity index (χ0) is 15.6. The van der Waals surface area contributed by atoms with Crippen LogP contribution in [0.2, 0.25) is 4.47 Å². The van der Waals surface area contributed by atoms with Gasteiger partial charge in [0, 0.05) is 0 Å². The first kappa shape index (κ1) is 16.1. The van der Waals surface area contributed by atoms with Crippen molar-refractivity contribution >= 4 is 38.9 Å². The van der Waals surface area contributed by atoms with Crippen LogP contribution in [-0.4, -0.2) is 28.6 Å². The Bertz CT molecular complexity index is 760. The van der Waals surface area contributed by atoms with Crippen molar-refractivity contribution in [1.82, 2.24) is 20.2 Å². The summed E-state index contributed by atoms with van der Waals surface area (Å²) in [6.07, 6.45) is 1.35. The first-order valence-corrected chi connectivity index (χ1v) is 8.93. The molecule has 0 aliphatic rings. The van der Waals surface area contributed by atoms with Crippen LogP contribution in [-0.2, 0) is 22.9 Å². The van der Waals surface area contributed by atoms with E-state index < -0.39 is 10.0 Å². The molecule has 0 spiro atoms. The lowest BCUT2D eigenvalue weighted by Crippen LogP contribution is -2.17. The third-order valence-corrected chi connectivity index (χ3v) is 5.91. The van der Waals surface area contributed by atoms with Crippen LogP contribution in [0.25, 0.3) is 0 Å². The van der Waals surface area contributed by atoms with E-state index in [1.807, 2.05) is 13.8 Å². The normalized spacial score (nSPS) is 11.6. The van der Waals surface area contributed by atoms with E-state index in [4.69, 9.17) is 11.6 Å². The lowest BCUT2D eigenvalue weighted by atomic mass is 10.2. The van der Waals surface area contributed by atoms with Crippen LogP contribution >= 0.6 is 22.9 Å². The maximum absolute atomic E-state index is 12.3. The molecule has 0 aliphatic carbocycles. The molecule has 0 aliphatic heterocycles. The van der Waals surface area contributed by atoms with Gasteiger partial charge in [0.05, 0.1) is 17.1 Å². The summed E-state index contributed by atoms with van der Waals surface area (Å²) in [4.78, 5) is 8.08. The van der Waals surface area contributed by atoms with E-state index in [0.717, 1.165) is 22.7 Å². The molecular formula is C11H14ClN5O2S2. The molecule has 7 nitrogen and oxygen atoms in total. The van der Waals surface area contributed by atoms with Crippen molar-refractivity contribution in [3.8, 4) is 0 Å². The number of aromatic nitrogens is 4. The van der Waals surface area contributed by atoms with Gasteiger partial charge in [0.2, 0.25) is 0 Å². The highest BCUT2D eigenvalue weighted by Gasteiger charge is 2.23. The standard InChI is InChI=1S/C11H14ClN5O2S2/c1-4-7-8(5-2)15-16-11(14-7)17-21(18,19)9-6(3)13-10(12)20-9/h4-5H2,1-3H3,(H,14,16,17). The number of rotatable bonds is 5. The Morgan fingerprint density at radius 1 is 1.14 bits per heavy atom. The number of sulfonamides is 1. The van der Waals surface area contributed by atoms with Crippen LogP contribution in [0.1, 0.15) is 30.9 Å². The second-order valence-corrected chi connectivity index (χ2v) is 7.64. The van der Waals surface area contributed by atoms with Crippen LogP contribution in [0.15, 0.2) is 4.21 Å². The van der Waals surface area contributed by atoms with E-state index in [-0.39, 0.29) is 14.6 Å². The number of halogens is 1. The number of anilines is 1. The minimum Gasteiger partial charge on any atom is -0.245 e. The van der Waals surface area contributed by atoms with E-state index >= 15 is 0 Å². The van der Waals surface area contributed by atoms with Gasteiger partial charge in [0.15, 0.2) is 8.68 Å². The van der Waals surface area contributed by atoms with E-state index in [0.29, 0.717) is 18.5 Å². The molecule has 0 saturated heterocycles. The number of aryl methyl sites for hydroxylation is 3. The molecule has 10 heteroatoms. The Kier molecular flexibility index (Phi) is 4.74. The van der Waals surface area contributed by atoms with Gasteiger partial charge in [-0.05, 0) is 19.8 Å². The largest absolute Gasteiger partial charge is 0.275 e. The molecule has 21 heavy (non-hydrogen) atoms. The molecule has 0 unspecified atom stereocenters. The highest BCUT2D eigenvalue weighted by Crippen LogP contribution is 2.27. The summed E-state index contributed by atoms with van der Waals surface area (Å²) in [5, 5.41) is 7.80. The van der Waals surface area contributed by atoms with Crippen molar-refractivity contribution in [3.05, 3.63) is 21.5 Å². The molecule has 0 fully saturated rings. The van der Waals surface area contributed by atoms with Gasteiger partial charge in [0.1, 0.15) is 0 Å². The SMILES string of the molecule is CCc1nnc(NS(=O)(=O)c2sc(Cl)nc2C)nc1CC. The molecule has 0 aromatic carbocycles. The van der Waals surface area contributed by atoms with Gasteiger partial charge in [-0.15, -0.1) is 10.2 Å². The fraction of sp³-hybridized carbons (Fsp3) is 0.455. The predicted octanol–water partition coefficient (Wildman–Crippen LogP) is 2.22. The van der Waals surface area contributed by atoms with E-state index in [2.05, 4.69) is 24.9 Å². The highest BCUT2D eigenvalue weighted by atomic mass is 35.5. The minimum absolute atomic E-state index is 0.0482. The number of hydrogen-bond donors (Lipinski definition) is 1. The van der Waals surface area contributed by atoms with Crippen molar-refractivity contribution in [3.63, 3.8) is 0 Å². The number of nitrogens with one attached hydrogen (secondary N) is 1. The molecule has 2 aromatic rings. The molecule has 1 N–H and O–H groups in total. The monoisotopic (exact) mass is 347 g/mol. The van der Waals surface area contributed by atoms with Crippen LogP contribution in [0.5, 0.6) is 0 Å². The molecule has 0 atom stereocenters. The Morgan fingerprint density at radius 2 is 1.81 bits per heavy atom. The quantitative estimate of drug-likeness (QED) is 0.890. The summed E-state index contributed by atoms with van der Waals surface area (Å²) in [7, 11) is -3.81. The number of thiazole rings is 1. The first-order chi connectivity index (χ1) is 9.87. The Hall–Kier alpha value is -1.32. The Balaban J connectivity index is 2.35. The lowest BCUT2D eigenvalue weighted by Gasteiger charge is -2.07. The van der Waals surface area contributed by atoms with Crippen molar-refractivity contribution in [2.45, 2.75) is 37.8 Å². The van der Waals surface area contributed by atoms with Crippen LogP contribution in [0.4, 0.5) is 5.95 Å². The highest BCUT2D eigenvalue weighted by molar-refractivity contribution is 7.94. The molecule has 2 aromatic heterocycles. The van der Waals surface area contributed by atoms with Crippen LogP contribution in [0.3, 0.4) is 0 Å². The summed E-state index contributed by atoms with van der Waals surface area (Å²) < 4.78 is 27.1. The van der Waals surface area contributed by atoms with Gasteiger partial charge < -0.3 is 0 Å². The fourth-order valence-corrected chi connectivity index (χ4v) is 4.43. The average Bonchev–Trinajstić information content (AvgIpc) is 2.78. The van der Waals surface area contributed by atoms with Crippen molar-refractivity contribution in [2.24, 2.45) is 0 Å². The van der Waals surface area contributed by atoms with Gasteiger partial charge in [-0.3, -0.25) is 0 Å². The van der Waals surface area contributed by atoms with Gasteiger partial charge in [-0.1, -0.05) is 36.8 Å². The van der Waals surface area contributed by atoms with E-state index in [1.165, 1.54) is 0 Å².